The van der Waals surface area contributed by atoms with Crippen LogP contribution in [-0.4, -0.2) is 31.1 Å². The molecule has 0 bridgehead atoms. The normalized spacial score (nSPS) is 15.7. The molecule has 1 aliphatic heterocycles. The third-order valence-corrected chi connectivity index (χ3v) is 3.89. The molecule has 0 aliphatic carbocycles. The van der Waals surface area contributed by atoms with E-state index in [2.05, 4.69) is 10.3 Å². The fourth-order valence-corrected chi connectivity index (χ4v) is 2.71. The maximum Gasteiger partial charge on any atom is 0.255 e. The summed E-state index contributed by atoms with van der Waals surface area (Å²) in [7, 11) is 3.88. The van der Waals surface area contributed by atoms with Gasteiger partial charge in [-0.1, -0.05) is 12.1 Å². The van der Waals surface area contributed by atoms with Gasteiger partial charge < -0.3 is 15.0 Å². The molecule has 2 heterocycles. The number of amides is 1. The van der Waals surface area contributed by atoms with Gasteiger partial charge in [0, 0.05) is 33.3 Å². The first-order valence-corrected chi connectivity index (χ1v) is 7.73. The average molecular weight is 311 g/mol. The number of hydrogen-bond acceptors (Lipinski definition) is 4. The summed E-state index contributed by atoms with van der Waals surface area (Å²) in [4.78, 5) is 18.7. The molecule has 0 spiro atoms. The van der Waals surface area contributed by atoms with Gasteiger partial charge in [-0.15, -0.1) is 0 Å². The zero-order valence-electron chi connectivity index (χ0n) is 13.7. The van der Waals surface area contributed by atoms with Crippen LogP contribution in [0.2, 0.25) is 0 Å². The zero-order valence-corrected chi connectivity index (χ0v) is 13.7. The molecule has 1 aromatic heterocycles. The van der Waals surface area contributed by atoms with Crippen LogP contribution in [-0.2, 0) is 13.0 Å². The van der Waals surface area contributed by atoms with Gasteiger partial charge in [-0.05, 0) is 36.2 Å². The van der Waals surface area contributed by atoms with Crippen LogP contribution in [0.25, 0.3) is 0 Å². The lowest BCUT2D eigenvalue weighted by Crippen LogP contribution is -2.23. The van der Waals surface area contributed by atoms with E-state index in [4.69, 9.17) is 4.74 Å². The lowest BCUT2D eigenvalue weighted by atomic mass is 10.1. The number of anilines is 1. The Labute approximate surface area is 136 Å². The number of carbonyl (C=O) groups excluding carboxylic acids is 1. The Morgan fingerprint density at radius 3 is 3.00 bits per heavy atom. The number of rotatable bonds is 4. The number of para-hydroxylation sites is 1. The fraction of sp³-hybridized carbons (Fsp3) is 0.333. The van der Waals surface area contributed by atoms with E-state index in [9.17, 15) is 4.79 Å². The molecule has 5 heteroatoms. The van der Waals surface area contributed by atoms with Crippen LogP contribution in [0.1, 0.15) is 28.4 Å². The predicted octanol–water partition coefficient (Wildman–Crippen LogP) is 2.40. The van der Waals surface area contributed by atoms with E-state index in [-0.39, 0.29) is 12.0 Å². The lowest BCUT2D eigenvalue weighted by Gasteiger charge is -2.13. The molecular formula is C18H21N3O2. The Morgan fingerprint density at radius 1 is 1.39 bits per heavy atom. The molecule has 120 valence electrons. The van der Waals surface area contributed by atoms with Crippen LogP contribution in [0.4, 0.5) is 5.82 Å². The van der Waals surface area contributed by atoms with Crippen LogP contribution < -0.4 is 15.0 Å². The SMILES string of the molecule is CC1Cc2cccc(C(=O)NCc3ccnc(N(C)C)c3)c2O1. The van der Waals surface area contributed by atoms with Crippen molar-refractivity contribution < 1.29 is 9.53 Å². The monoisotopic (exact) mass is 311 g/mol. The van der Waals surface area contributed by atoms with Gasteiger partial charge in [0.25, 0.3) is 5.91 Å². The van der Waals surface area contributed by atoms with Crippen molar-refractivity contribution in [3.8, 4) is 5.75 Å². The highest BCUT2D eigenvalue weighted by molar-refractivity contribution is 5.97. The number of benzene rings is 1. The van der Waals surface area contributed by atoms with Crippen molar-refractivity contribution in [1.29, 1.82) is 0 Å². The molecule has 1 amide bonds. The maximum absolute atomic E-state index is 12.5. The minimum absolute atomic E-state index is 0.112. The Morgan fingerprint density at radius 2 is 2.22 bits per heavy atom. The van der Waals surface area contributed by atoms with E-state index in [1.807, 2.05) is 56.3 Å². The molecule has 2 aromatic rings. The highest BCUT2D eigenvalue weighted by Crippen LogP contribution is 2.32. The van der Waals surface area contributed by atoms with Crippen molar-refractivity contribution in [1.82, 2.24) is 10.3 Å². The Bertz CT molecular complexity index is 728. The van der Waals surface area contributed by atoms with Crippen LogP contribution >= 0.6 is 0 Å². The van der Waals surface area contributed by atoms with Crippen LogP contribution in [0.5, 0.6) is 5.75 Å². The highest BCUT2D eigenvalue weighted by Gasteiger charge is 2.24. The summed E-state index contributed by atoms with van der Waals surface area (Å²) in [6.45, 7) is 2.48. The number of carbonyl (C=O) groups is 1. The van der Waals surface area contributed by atoms with Crippen molar-refractivity contribution in [3.05, 3.63) is 53.2 Å². The molecule has 1 atom stereocenters. The van der Waals surface area contributed by atoms with Gasteiger partial charge in [0.05, 0.1) is 5.56 Å². The first-order valence-electron chi connectivity index (χ1n) is 7.73. The molecule has 1 aromatic carbocycles. The van der Waals surface area contributed by atoms with Gasteiger partial charge in [-0.2, -0.15) is 0 Å². The van der Waals surface area contributed by atoms with E-state index < -0.39 is 0 Å². The standard InChI is InChI=1S/C18H21N3O2/c1-12-9-14-5-4-6-15(17(14)23-12)18(22)20-11-13-7-8-19-16(10-13)21(2)3/h4-8,10,12H,9,11H2,1-3H3,(H,20,22). The largest absolute Gasteiger partial charge is 0.489 e. The molecule has 1 aliphatic rings. The minimum Gasteiger partial charge on any atom is -0.489 e. The number of fused-ring (bicyclic) bond motifs is 1. The summed E-state index contributed by atoms with van der Waals surface area (Å²) in [5.41, 5.74) is 2.72. The quantitative estimate of drug-likeness (QED) is 0.942. The molecule has 5 nitrogen and oxygen atoms in total. The second-order valence-corrected chi connectivity index (χ2v) is 6.03. The topological polar surface area (TPSA) is 54.5 Å². The van der Waals surface area contributed by atoms with Crippen molar-refractivity contribution in [2.24, 2.45) is 0 Å². The van der Waals surface area contributed by atoms with Crippen molar-refractivity contribution in [2.75, 3.05) is 19.0 Å². The van der Waals surface area contributed by atoms with Gasteiger partial charge in [-0.3, -0.25) is 4.79 Å². The molecule has 0 radical (unpaired) electrons. The van der Waals surface area contributed by atoms with E-state index >= 15 is 0 Å². The van der Waals surface area contributed by atoms with Crippen molar-refractivity contribution in [3.63, 3.8) is 0 Å². The summed E-state index contributed by atoms with van der Waals surface area (Å²) in [6.07, 6.45) is 2.73. The predicted molar refractivity (Wildman–Crippen MR) is 90.0 cm³/mol. The van der Waals surface area contributed by atoms with Gasteiger partial charge in [0.2, 0.25) is 0 Å². The summed E-state index contributed by atoms with van der Waals surface area (Å²) in [5.74, 6) is 1.48. The van der Waals surface area contributed by atoms with E-state index in [1.54, 1.807) is 6.20 Å². The Balaban J connectivity index is 1.72. The van der Waals surface area contributed by atoms with Crippen LogP contribution in [0.3, 0.4) is 0 Å². The first-order chi connectivity index (χ1) is 11.0. The van der Waals surface area contributed by atoms with Crippen LogP contribution in [0.15, 0.2) is 36.5 Å². The van der Waals surface area contributed by atoms with Gasteiger partial charge in [-0.25, -0.2) is 4.98 Å². The zero-order chi connectivity index (χ0) is 16.4. The molecule has 3 rings (SSSR count). The molecule has 1 unspecified atom stereocenters. The molecule has 1 N–H and O–H groups in total. The Kier molecular flexibility index (Phi) is 4.19. The van der Waals surface area contributed by atoms with E-state index in [0.29, 0.717) is 12.1 Å². The second kappa shape index (κ2) is 6.28. The summed E-state index contributed by atoms with van der Waals surface area (Å²) in [6, 6.07) is 9.60. The lowest BCUT2D eigenvalue weighted by molar-refractivity contribution is 0.0946. The molecule has 0 fully saturated rings. The maximum atomic E-state index is 12.5. The number of aromatic nitrogens is 1. The summed E-state index contributed by atoms with van der Waals surface area (Å²) in [5, 5.41) is 2.96. The highest BCUT2D eigenvalue weighted by atomic mass is 16.5. The third-order valence-electron chi connectivity index (χ3n) is 3.89. The Hall–Kier alpha value is -2.56. The third kappa shape index (κ3) is 3.28. The number of ether oxygens (including phenoxy) is 1. The van der Waals surface area contributed by atoms with Crippen molar-refractivity contribution >= 4 is 11.7 Å². The molecule has 23 heavy (non-hydrogen) atoms. The van der Waals surface area contributed by atoms with Crippen molar-refractivity contribution in [2.45, 2.75) is 26.0 Å². The fourth-order valence-electron chi connectivity index (χ4n) is 2.71. The molecular weight excluding hydrogens is 290 g/mol. The van der Waals surface area contributed by atoms with Gasteiger partial charge >= 0.3 is 0 Å². The molecule has 0 saturated carbocycles. The molecule has 0 saturated heterocycles. The summed E-state index contributed by atoms with van der Waals surface area (Å²) >= 11 is 0. The van der Waals surface area contributed by atoms with E-state index in [1.165, 1.54) is 0 Å². The summed E-state index contributed by atoms with van der Waals surface area (Å²) < 4.78 is 5.78. The van der Waals surface area contributed by atoms with Crippen LogP contribution in [0, 0.1) is 0 Å². The number of nitrogens with one attached hydrogen (secondary N) is 1. The smallest absolute Gasteiger partial charge is 0.255 e. The van der Waals surface area contributed by atoms with Gasteiger partial charge in [0.15, 0.2) is 0 Å². The number of hydrogen-bond donors (Lipinski definition) is 1. The second-order valence-electron chi connectivity index (χ2n) is 6.03. The number of pyridine rings is 1. The van der Waals surface area contributed by atoms with Gasteiger partial charge in [0.1, 0.15) is 17.7 Å². The first kappa shape index (κ1) is 15.3. The average Bonchev–Trinajstić information content (AvgIpc) is 2.92. The number of nitrogens with zero attached hydrogens (tertiary/aromatic N) is 2. The van der Waals surface area contributed by atoms with E-state index in [0.717, 1.165) is 29.1 Å². The minimum atomic E-state index is -0.112.